The molecule has 3 saturated heterocycles. The normalized spacial score (nSPS) is 35.2. The van der Waals surface area contributed by atoms with Crippen molar-refractivity contribution in [2.75, 3.05) is 61.0 Å². The number of esters is 1. The molecule has 13 nitrogen and oxygen atoms in total. The molecule has 1 aromatic carbocycles. The Labute approximate surface area is 320 Å². The summed E-state index contributed by atoms with van der Waals surface area (Å²) in [4.78, 5) is 63.1. The Balaban J connectivity index is 1.61. The summed E-state index contributed by atoms with van der Waals surface area (Å²) < 4.78 is 25.0. The Morgan fingerprint density at radius 1 is 1.02 bits per heavy atom. The molecule has 0 aromatic heterocycles. The minimum atomic E-state index is -1.62. The molecule has 1 N–H and O–H groups in total. The fourth-order valence-electron chi connectivity index (χ4n) is 8.32. The topological polar surface area (TPSA) is 138 Å². The second-order valence-electron chi connectivity index (χ2n) is 16.4. The summed E-state index contributed by atoms with van der Waals surface area (Å²) >= 11 is 6.12. The van der Waals surface area contributed by atoms with Crippen LogP contribution in [0, 0.1) is 17.3 Å². The third-order valence-corrected chi connectivity index (χ3v) is 11.6. The highest BCUT2D eigenvalue weighted by molar-refractivity contribution is 6.31. The predicted molar refractivity (Wildman–Crippen MR) is 200 cm³/mol. The number of hydrogen-bond donors (Lipinski definition) is 1. The standard InChI is InChI=1S/C39H61ClN4O9/c1-23-21-39(7,50-11)33(53-36-31(45)29(41(8)9)19-24(2)51-36)25(3)32(46)38(5,6)37(49)52-26(4)30(42(10)22-23)35(48)44-17-15-43(16-18-44)34(47)27-13-12-14-28(40)20-27/h12-14,20,23-26,29-31,33,36,45H,15-19,21-22H2,1-11H3/t23-,24-,25+,26+,29+,30-,31-,33-,36+,39-/m1/s1. The van der Waals surface area contributed by atoms with Crippen LogP contribution in [0.1, 0.15) is 71.7 Å². The van der Waals surface area contributed by atoms with Gasteiger partial charge in [-0.2, -0.15) is 0 Å². The summed E-state index contributed by atoms with van der Waals surface area (Å²) in [7, 11) is 7.18. The number of piperazine rings is 1. The van der Waals surface area contributed by atoms with Crippen molar-refractivity contribution in [1.29, 1.82) is 0 Å². The lowest BCUT2D eigenvalue weighted by molar-refractivity contribution is -0.295. The van der Waals surface area contributed by atoms with E-state index in [1.54, 1.807) is 55.0 Å². The third-order valence-electron chi connectivity index (χ3n) is 11.4. The number of methoxy groups -OCH3 is 1. The predicted octanol–water partition coefficient (Wildman–Crippen LogP) is 3.34. The van der Waals surface area contributed by atoms with Crippen LogP contribution in [0.5, 0.6) is 0 Å². The molecule has 3 heterocycles. The molecule has 0 aliphatic carbocycles. The van der Waals surface area contributed by atoms with E-state index in [1.165, 1.54) is 13.8 Å². The zero-order valence-corrected chi connectivity index (χ0v) is 34.1. The van der Waals surface area contributed by atoms with Crippen molar-refractivity contribution in [3.8, 4) is 0 Å². The van der Waals surface area contributed by atoms with Gasteiger partial charge in [-0.25, -0.2) is 0 Å². The van der Waals surface area contributed by atoms with Gasteiger partial charge in [0.1, 0.15) is 23.7 Å². The van der Waals surface area contributed by atoms with Crippen molar-refractivity contribution in [3.63, 3.8) is 0 Å². The number of likely N-dealkylation sites (N-methyl/N-ethyl adjacent to an activating group) is 2. The van der Waals surface area contributed by atoms with Gasteiger partial charge in [0, 0.05) is 62.4 Å². The molecule has 10 atom stereocenters. The lowest BCUT2D eigenvalue weighted by Crippen LogP contribution is -2.59. The number of Topliss-reactive ketones (excluding diaryl/α,β-unsaturated/α-hetero) is 1. The Kier molecular flexibility index (Phi) is 14.2. The summed E-state index contributed by atoms with van der Waals surface area (Å²) in [5.41, 5.74) is -2.20. The lowest BCUT2D eigenvalue weighted by Gasteiger charge is -2.47. The number of aliphatic hydroxyl groups excluding tert-OH is 1. The molecule has 53 heavy (non-hydrogen) atoms. The number of cyclic esters (lactones) is 1. The van der Waals surface area contributed by atoms with E-state index in [-0.39, 0.29) is 29.9 Å². The van der Waals surface area contributed by atoms with Gasteiger partial charge >= 0.3 is 5.97 Å². The highest BCUT2D eigenvalue weighted by atomic mass is 35.5. The average molecular weight is 765 g/mol. The zero-order valence-electron chi connectivity index (χ0n) is 33.3. The summed E-state index contributed by atoms with van der Waals surface area (Å²) in [5, 5.41) is 11.9. The summed E-state index contributed by atoms with van der Waals surface area (Å²) in [6.45, 7) is 14.0. The van der Waals surface area contributed by atoms with Crippen molar-refractivity contribution in [2.45, 2.75) is 110 Å². The van der Waals surface area contributed by atoms with Gasteiger partial charge in [-0.1, -0.05) is 31.5 Å². The molecule has 2 amide bonds. The number of aliphatic hydroxyl groups is 1. The molecule has 3 aliphatic rings. The van der Waals surface area contributed by atoms with Gasteiger partial charge in [-0.3, -0.25) is 24.1 Å². The van der Waals surface area contributed by atoms with Gasteiger partial charge < -0.3 is 38.8 Å². The minimum Gasteiger partial charge on any atom is -0.460 e. The number of carbonyl (C=O) groups is 4. The maximum atomic E-state index is 14.4. The van der Waals surface area contributed by atoms with E-state index in [1.807, 2.05) is 51.7 Å². The monoisotopic (exact) mass is 764 g/mol. The number of amides is 2. The molecule has 3 fully saturated rings. The Morgan fingerprint density at radius 2 is 1.64 bits per heavy atom. The number of carbonyl (C=O) groups excluding carboxylic acids is 4. The molecule has 0 unspecified atom stereocenters. The van der Waals surface area contributed by atoms with E-state index in [0.29, 0.717) is 56.2 Å². The van der Waals surface area contributed by atoms with Gasteiger partial charge in [0.15, 0.2) is 12.1 Å². The van der Waals surface area contributed by atoms with E-state index in [0.717, 1.165) is 0 Å². The molecule has 0 saturated carbocycles. The molecule has 1 aromatic rings. The summed E-state index contributed by atoms with van der Waals surface area (Å²) in [6, 6.07) is 5.69. The summed E-state index contributed by atoms with van der Waals surface area (Å²) in [6.07, 6.45) is -3.07. The van der Waals surface area contributed by atoms with Gasteiger partial charge in [-0.05, 0) is 92.7 Å². The molecule has 0 spiro atoms. The maximum absolute atomic E-state index is 14.4. The molecular weight excluding hydrogens is 704 g/mol. The van der Waals surface area contributed by atoms with Crippen LogP contribution in [0.15, 0.2) is 24.3 Å². The first-order valence-corrected chi connectivity index (χ1v) is 19.1. The van der Waals surface area contributed by atoms with Crippen LogP contribution >= 0.6 is 11.6 Å². The van der Waals surface area contributed by atoms with Crippen LogP contribution in [0.2, 0.25) is 5.02 Å². The molecule has 298 valence electrons. The first kappa shape index (κ1) is 43.1. The van der Waals surface area contributed by atoms with Crippen LogP contribution in [-0.2, 0) is 33.3 Å². The van der Waals surface area contributed by atoms with Crippen molar-refractivity contribution in [3.05, 3.63) is 34.9 Å². The second kappa shape index (κ2) is 17.4. The van der Waals surface area contributed by atoms with Gasteiger partial charge in [0.2, 0.25) is 5.91 Å². The van der Waals surface area contributed by atoms with Crippen LogP contribution in [0.4, 0.5) is 0 Å². The van der Waals surface area contributed by atoms with E-state index < -0.39 is 59.3 Å². The van der Waals surface area contributed by atoms with Gasteiger partial charge in [-0.15, -0.1) is 0 Å². The van der Waals surface area contributed by atoms with E-state index in [4.69, 9.17) is 30.5 Å². The lowest BCUT2D eigenvalue weighted by atomic mass is 9.74. The first-order chi connectivity index (χ1) is 24.7. The highest BCUT2D eigenvalue weighted by Gasteiger charge is 2.52. The number of ketones is 1. The highest BCUT2D eigenvalue weighted by Crippen LogP contribution is 2.38. The smallest absolute Gasteiger partial charge is 0.319 e. The quantitative estimate of drug-likeness (QED) is 0.337. The van der Waals surface area contributed by atoms with E-state index >= 15 is 0 Å². The fraction of sp³-hybridized carbons (Fsp3) is 0.744. The Morgan fingerprint density at radius 3 is 2.23 bits per heavy atom. The van der Waals surface area contributed by atoms with E-state index in [2.05, 4.69) is 0 Å². The fourth-order valence-corrected chi connectivity index (χ4v) is 8.51. The second-order valence-corrected chi connectivity index (χ2v) is 16.8. The van der Waals surface area contributed by atoms with Crippen LogP contribution in [0.3, 0.4) is 0 Å². The molecular formula is C39H61ClN4O9. The van der Waals surface area contributed by atoms with Crippen LogP contribution in [0.25, 0.3) is 0 Å². The Hall–Kier alpha value is -2.65. The molecule has 0 radical (unpaired) electrons. The maximum Gasteiger partial charge on any atom is 0.319 e. The molecule has 3 aliphatic heterocycles. The molecule has 4 rings (SSSR count). The average Bonchev–Trinajstić information content (AvgIpc) is 3.10. The Bertz CT molecular complexity index is 1470. The van der Waals surface area contributed by atoms with Crippen molar-refractivity contribution in [2.24, 2.45) is 17.3 Å². The van der Waals surface area contributed by atoms with Crippen molar-refractivity contribution < 1.29 is 43.2 Å². The van der Waals surface area contributed by atoms with Crippen LogP contribution in [-0.4, -0.2) is 158 Å². The molecule has 0 bridgehead atoms. The van der Waals surface area contributed by atoms with Crippen molar-refractivity contribution >= 4 is 35.2 Å². The number of ether oxygens (including phenoxy) is 4. The zero-order chi connectivity index (χ0) is 39.6. The van der Waals surface area contributed by atoms with Gasteiger partial charge in [0.25, 0.3) is 5.91 Å². The number of rotatable bonds is 6. The number of nitrogens with zero attached hydrogens (tertiary/aromatic N) is 4. The van der Waals surface area contributed by atoms with Gasteiger partial charge in [0.05, 0.1) is 17.8 Å². The largest absolute Gasteiger partial charge is 0.460 e. The summed E-state index contributed by atoms with van der Waals surface area (Å²) in [5.74, 6) is -2.54. The SMILES string of the molecule is CO[C@]1(C)C[C@@H](C)CN(C)[C@@H](C(=O)N2CCN(C(=O)c3cccc(Cl)c3)CC2)[C@H](C)OC(=O)C(C)(C)C(=O)[C@H](C)[C@H]1O[C@@H]1O[C@H](C)C[C@H](N(C)C)[C@H]1O. The number of halogens is 1. The molecule has 14 heteroatoms. The van der Waals surface area contributed by atoms with Crippen LogP contribution < -0.4 is 0 Å². The number of benzene rings is 1. The van der Waals surface area contributed by atoms with E-state index in [9.17, 15) is 24.3 Å². The third kappa shape index (κ3) is 9.60. The minimum absolute atomic E-state index is 0.0943. The van der Waals surface area contributed by atoms with Crippen molar-refractivity contribution in [1.82, 2.24) is 19.6 Å². The first-order valence-electron chi connectivity index (χ1n) is 18.7. The number of hydrogen-bond acceptors (Lipinski definition) is 11.